The first-order valence-corrected chi connectivity index (χ1v) is 7.18. The van der Waals surface area contributed by atoms with Crippen molar-refractivity contribution in [3.05, 3.63) is 45.1 Å². The third kappa shape index (κ3) is 2.34. The fourth-order valence-corrected chi connectivity index (χ4v) is 3.04. The van der Waals surface area contributed by atoms with Crippen LogP contribution in [0.1, 0.15) is 0 Å². The molecule has 2 aromatic heterocycles. The van der Waals surface area contributed by atoms with Crippen LogP contribution in [0.5, 0.6) is 0 Å². The van der Waals surface area contributed by atoms with Gasteiger partial charge < -0.3 is 10.3 Å². The molecule has 20 heavy (non-hydrogen) atoms. The van der Waals surface area contributed by atoms with Crippen molar-refractivity contribution in [3.63, 3.8) is 0 Å². The Bertz CT molecular complexity index is 764. The van der Waals surface area contributed by atoms with Crippen molar-refractivity contribution in [3.8, 4) is 22.5 Å². The van der Waals surface area contributed by atoms with Gasteiger partial charge in [-0.2, -0.15) is 0 Å². The van der Waals surface area contributed by atoms with Gasteiger partial charge in [0.25, 0.3) is 0 Å². The molecule has 0 unspecified atom stereocenters. The Morgan fingerprint density at radius 3 is 2.40 bits per heavy atom. The Hall–Kier alpha value is -1.73. The van der Waals surface area contributed by atoms with Gasteiger partial charge in [0.2, 0.25) is 0 Å². The molecule has 0 fully saturated rings. The number of hydrogen-bond acceptors (Lipinski definition) is 4. The molecule has 0 radical (unpaired) electrons. The number of hydrogen-bond donors (Lipinski definition) is 1. The first-order chi connectivity index (χ1) is 9.54. The maximum absolute atomic E-state index is 13.4. The number of thiophene rings is 1. The molecule has 7 heteroatoms. The van der Waals surface area contributed by atoms with Gasteiger partial charge in [-0.15, -0.1) is 11.3 Å². The Morgan fingerprint density at radius 2 is 1.80 bits per heavy atom. The molecular weight excluding hydrogens is 350 g/mol. The Morgan fingerprint density at radius 1 is 1.10 bits per heavy atom. The average Bonchev–Trinajstić information content (AvgIpc) is 2.94. The maximum atomic E-state index is 13.4. The van der Waals surface area contributed by atoms with Gasteiger partial charge >= 0.3 is 0 Å². The van der Waals surface area contributed by atoms with Crippen LogP contribution in [0, 0.1) is 11.6 Å². The lowest BCUT2D eigenvalue weighted by atomic mass is 10.0. The molecule has 102 valence electrons. The van der Waals surface area contributed by atoms with Gasteiger partial charge in [-0.05, 0) is 39.7 Å². The van der Waals surface area contributed by atoms with Crippen LogP contribution in [0.25, 0.3) is 22.5 Å². The van der Waals surface area contributed by atoms with Gasteiger partial charge in [0.1, 0.15) is 11.6 Å². The highest BCUT2D eigenvalue weighted by molar-refractivity contribution is 9.11. The predicted molar refractivity (Wildman–Crippen MR) is 77.3 cm³/mol. The number of anilines is 1. The molecule has 3 rings (SSSR count). The molecule has 0 spiro atoms. The van der Waals surface area contributed by atoms with Crippen molar-refractivity contribution in [1.29, 1.82) is 0 Å². The summed E-state index contributed by atoms with van der Waals surface area (Å²) in [5.74, 6) is -0.891. The third-order valence-corrected chi connectivity index (χ3v) is 4.20. The smallest absolute Gasteiger partial charge is 0.177 e. The van der Waals surface area contributed by atoms with E-state index in [2.05, 4.69) is 21.1 Å². The SMILES string of the molecule is Nc1noc(-c2csc(Br)c2)c1-c1cc(F)cc(F)c1. The van der Waals surface area contributed by atoms with E-state index in [0.29, 0.717) is 16.9 Å². The number of aromatic nitrogens is 1. The molecule has 0 saturated heterocycles. The number of rotatable bonds is 2. The van der Waals surface area contributed by atoms with Crippen LogP contribution in [0.15, 0.2) is 38.0 Å². The molecule has 2 N–H and O–H groups in total. The summed E-state index contributed by atoms with van der Waals surface area (Å²) in [7, 11) is 0. The molecule has 0 aliphatic rings. The molecule has 3 aromatic rings. The lowest BCUT2D eigenvalue weighted by Gasteiger charge is -2.02. The third-order valence-electron chi connectivity index (χ3n) is 2.70. The highest BCUT2D eigenvalue weighted by Crippen LogP contribution is 2.39. The number of nitrogens with two attached hydrogens (primary N) is 1. The molecule has 0 saturated carbocycles. The maximum Gasteiger partial charge on any atom is 0.177 e. The number of benzene rings is 1. The van der Waals surface area contributed by atoms with Gasteiger partial charge in [0.15, 0.2) is 11.6 Å². The molecule has 0 atom stereocenters. The van der Waals surface area contributed by atoms with E-state index in [4.69, 9.17) is 10.3 Å². The summed E-state index contributed by atoms with van der Waals surface area (Å²) in [6.07, 6.45) is 0. The largest absolute Gasteiger partial charge is 0.380 e. The van der Waals surface area contributed by atoms with E-state index in [9.17, 15) is 8.78 Å². The van der Waals surface area contributed by atoms with Crippen molar-refractivity contribution in [2.45, 2.75) is 0 Å². The molecule has 0 aliphatic heterocycles. The summed E-state index contributed by atoms with van der Waals surface area (Å²) in [6, 6.07) is 5.01. The van der Waals surface area contributed by atoms with Crippen LogP contribution in [0.4, 0.5) is 14.6 Å². The summed E-state index contributed by atoms with van der Waals surface area (Å²) < 4.78 is 32.8. The minimum atomic E-state index is -0.682. The standard InChI is InChI=1S/C13H7BrF2N2OS/c14-10-3-7(5-20-10)12-11(13(17)18-19-12)6-1-8(15)4-9(16)2-6/h1-5H,(H2,17,18). The van der Waals surface area contributed by atoms with E-state index in [0.717, 1.165) is 15.4 Å². The fraction of sp³-hybridized carbons (Fsp3) is 0. The number of nitrogen functional groups attached to an aromatic ring is 1. The van der Waals surface area contributed by atoms with E-state index in [1.54, 1.807) is 0 Å². The zero-order valence-corrected chi connectivity index (χ0v) is 12.3. The minimum absolute atomic E-state index is 0.0901. The number of halogens is 3. The highest BCUT2D eigenvalue weighted by Gasteiger charge is 2.19. The highest BCUT2D eigenvalue weighted by atomic mass is 79.9. The van der Waals surface area contributed by atoms with E-state index in [-0.39, 0.29) is 5.82 Å². The average molecular weight is 357 g/mol. The van der Waals surface area contributed by atoms with E-state index >= 15 is 0 Å². The molecular formula is C13H7BrF2N2OS. The van der Waals surface area contributed by atoms with Crippen LogP contribution in [0.2, 0.25) is 0 Å². The zero-order valence-electron chi connectivity index (χ0n) is 9.86. The normalized spacial score (nSPS) is 10.9. The summed E-state index contributed by atoms with van der Waals surface area (Å²) in [5.41, 5.74) is 7.17. The predicted octanol–water partition coefficient (Wildman–Crippen LogP) is 4.69. The molecule has 0 aliphatic carbocycles. The summed E-state index contributed by atoms with van der Waals surface area (Å²) in [6.45, 7) is 0. The van der Waals surface area contributed by atoms with E-state index in [1.807, 2.05) is 11.4 Å². The van der Waals surface area contributed by atoms with Crippen LogP contribution < -0.4 is 5.73 Å². The Kier molecular flexibility index (Phi) is 3.31. The second-order valence-corrected chi connectivity index (χ2v) is 6.36. The number of nitrogens with zero attached hydrogens (tertiary/aromatic N) is 1. The monoisotopic (exact) mass is 356 g/mol. The summed E-state index contributed by atoms with van der Waals surface area (Å²) >= 11 is 4.80. The van der Waals surface area contributed by atoms with Crippen LogP contribution in [-0.2, 0) is 0 Å². The van der Waals surface area contributed by atoms with Crippen molar-refractivity contribution < 1.29 is 13.3 Å². The van der Waals surface area contributed by atoms with Crippen molar-refractivity contribution >= 4 is 33.1 Å². The van der Waals surface area contributed by atoms with Gasteiger partial charge in [-0.1, -0.05) is 5.16 Å². The summed E-state index contributed by atoms with van der Waals surface area (Å²) in [4.78, 5) is 0. The fourth-order valence-electron chi connectivity index (χ4n) is 1.91. The second-order valence-electron chi connectivity index (χ2n) is 4.07. The van der Waals surface area contributed by atoms with Gasteiger partial charge in [-0.3, -0.25) is 0 Å². The van der Waals surface area contributed by atoms with Gasteiger partial charge in [0.05, 0.1) is 9.35 Å². The Labute approximate surface area is 125 Å². The first-order valence-electron chi connectivity index (χ1n) is 5.50. The molecule has 2 heterocycles. The van der Waals surface area contributed by atoms with Crippen molar-refractivity contribution in [2.24, 2.45) is 0 Å². The quantitative estimate of drug-likeness (QED) is 0.724. The minimum Gasteiger partial charge on any atom is -0.380 e. The zero-order chi connectivity index (χ0) is 14.3. The molecule has 3 nitrogen and oxygen atoms in total. The second kappa shape index (κ2) is 4.99. The topological polar surface area (TPSA) is 52.0 Å². The van der Waals surface area contributed by atoms with E-state index in [1.165, 1.54) is 23.5 Å². The van der Waals surface area contributed by atoms with Crippen molar-refractivity contribution in [2.75, 3.05) is 5.73 Å². The van der Waals surface area contributed by atoms with Crippen LogP contribution in [0.3, 0.4) is 0 Å². The summed E-state index contributed by atoms with van der Waals surface area (Å²) in [5, 5.41) is 5.52. The molecule has 0 amide bonds. The lowest BCUT2D eigenvalue weighted by Crippen LogP contribution is -1.90. The van der Waals surface area contributed by atoms with Crippen LogP contribution in [-0.4, -0.2) is 5.16 Å². The van der Waals surface area contributed by atoms with Gasteiger partial charge in [-0.25, -0.2) is 8.78 Å². The Balaban J connectivity index is 2.21. The van der Waals surface area contributed by atoms with E-state index < -0.39 is 11.6 Å². The van der Waals surface area contributed by atoms with Gasteiger partial charge in [0, 0.05) is 17.0 Å². The molecule has 1 aromatic carbocycles. The first kappa shape index (κ1) is 13.3. The molecule has 0 bridgehead atoms. The van der Waals surface area contributed by atoms with Crippen LogP contribution >= 0.6 is 27.3 Å². The van der Waals surface area contributed by atoms with Crippen molar-refractivity contribution in [1.82, 2.24) is 5.16 Å². The lowest BCUT2D eigenvalue weighted by molar-refractivity contribution is 0.436.